The van der Waals surface area contributed by atoms with Gasteiger partial charge in [-0.15, -0.1) is 11.8 Å². The summed E-state index contributed by atoms with van der Waals surface area (Å²) in [4.78, 5) is 31.4. The van der Waals surface area contributed by atoms with Gasteiger partial charge in [0.1, 0.15) is 15.9 Å². The van der Waals surface area contributed by atoms with Crippen LogP contribution in [0.3, 0.4) is 0 Å². The number of hydrogen-bond acceptors (Lipinski definition) is 7. The summed E-state index contributed by atoms with van der Waals surface area (Å²) >= 11 is 4.05. The first-order valence-electron chi connectivity index (χ1n) is 10.0. The first kappa shape index (κ1) is 22.6. The van der Waals surface area contributed by atoms with Crippen molar-refractivity contribution in [3.05, 3.63) is 64.4 Å². The molecule has 2 aromatic carbocycles. The van der Waals surface area contributed by atoms with Gasteiger partial charge in [-0.2, -0.15) is 4.37 Å². The largest absolute Gasteiger partial charge is 0.325 e. The molecule has 0 atom stereocenters. The number of anilines is 1. The molecule has 1 N–H and O–H groups in total. The number of rotatable bonds is 7. The molecule has 2 aromatic heterocycles. The van der Waals surface area contributed by atoms with Crippen LogP contribution < -0.4 is 10.9 Å². The molecule has 0 spiro atoms. The van der Waals surface area contributed by atoms with E-state index < -0.39 is 0 Å². The summed E-state index contributed by atoms with van der Waals surface area (Å²) in [5, 5.41) is 3.44. The van der Waals surface area contributed by atoms with Gasteiger partial charge in [-0.1, -0.05) is 47.7 Å². The highest BCUT2D eigenvalue weighted by atomic mass is 32.2. The lowest BCUT2D eigenvalue weighted by Gasteiger charge is -2.10. The number of aromatic nitrogens is 3. The normalized spacial score (nSPS) is 11.1. The molecule has 1 amide bonds. The SMILES string of the molecule is CCn1c(SCC(=O)Nc2cccc(SC)c2)nc2c(-c3ccc(C)cc3)nsc2c1=O. The fourth-order valence-electron chi connectivity index (χ4n) is 3.21. The van der Waals surface area contributed by atoms with Gasteiger partial charge >= 0.3 is 0 Å². The summed E-state index contributed by atoms with van der Waals surface area (Å²) in [6, 6.07) is 15.7. The fourth-order valence-corrected chi connectivity index (χ4v) is 5.32. The molecule has 0 saturated heterocycles. The van der Waals surface area contributed by atoms with E-state index in [1.807, 2.05) is 68.6 Å². The molecule has 9 heteroatoms. The van der Waals surface area contributed by atoms with Crippen LogP contribution in [0.5, 0.6) is 0 Å². The van der Waals surface area contributed by atoms with Crippen LogP contribution in [0, 0.1) is 6.92 Å². The second-order valence-corrected chi connectivity index (χ2v) is 9.68. The fraction of sp³-hybridized carbons (Fsp3) is 0.217. The van der Waals surface area contributed by atoms with Crippen LogP contribution in [0.2, 0.25) is 0 Å². The Morgan fingerprint density at radius 2 is 1.97 bits per heavy atom. The van der Waals surface area contributed by atoms with Crippen molar-refractivity contribution in [2.45, 2.75) is 30.4 Å². The molecule has 0 aliphatic heterocycles. The monoisotopic (exact) mass is 482 g/mol. The van der Waals surface area contributed by atoms with Crippen molar-refractivity contribution in [2.75, 3.05) is 17.3 Å². The third-order valence-corrected chi connectivity index (χ3v) is 7.40. The van der Waals surface area contributed by atoms with Crippen LogP contribution in [-0.2, 0) is 11.3 Å². The van der Waals surface area contributed by atoms with E-state index >= 15 is 0 Å². The Morgan fingerprint density at radius 1 is 1.19 bits per heavy atom. The van der Waals surface area contributed by atoms with Crippen molar-refractivity contribution in [2.24, 2.45) is 0 Å². The summed E-state index contributed by atoms with van der Waals surface area (Å²) in [6.45, 7) is 4.40. The van der Waals surface area contributed by atoms with Crippen molar-refractivity contribution in [1.82, 2.24) is 13.9 Å². The number of thioether (sulfide) groups is 2. The molecule has 0 fully saturated rings. The molecule has 0 radical (unpaired) electrons. The number of carbonyl (C=O) groups is 1. The number of amides is 1. The van der Waals surface area contributed by atoms with Gasteiger partial charge in [0.05, 0.1) is 5.75 Å². The van der Waals surface area contributed by atoms with E-state index in [9.17, 15) is 9.59 Å². The highest BCUT2D eigenvalue weighted by molar-refractivity contribution is 7.99. The lowest BCUT2D eigenvalue weighted by molar-refractivity contribution is -0.113. The molecule has 2 heterocycles. The maximum absolute atomic E-state index is 13.1. The van der Waals surface area contributed by atoms with Crippen LogP contribution in [0.15, 0.2) is 63.4 Å². The van der Waals surface area contributed by atoms with Gasteiger partial charge in [0.15, 0.2) is 5.16 Å². The van der Waals surface area contributed by atoms with Crippen LogP contribution >= 0.6 is 35.1 Å². The average Bonchev–Trinajstić information content (AvgIpc) is 3.22. The molecular weight excluding hydrogens is 460 g/mol. The van der Waals surface area contributed by atoms with E-state index in [0.29, 0.717) is 27.6 Å². The zero-order chi connectivity index (χ0) is 22.7. The quantitative estimate of drug-likeness (QED) is 0.284. The minimum Gasteiger partial charge on any atom is -0.325 e. The van der Waals surface area contributed by atoms with Gasteiger partial charge in [0.25, 0.3) is 5.56 Å². The van der Waals surface area contributed by atoms with Gasteiger partial charge in [0, 0.05) is 22.7 Å². The van der Waals surface area contributed by atoms with E-state index in [4.69, 9.17) is 4.98 Å². The standard InChI is InChI=1S/C23H22N4O2S3/c1-4-27-22(29)21-20(19(26-32-21)15-10-8-14(2)9-11-15)25-23(27)31-13-18(28)24-16-6-5-7-17(12-16)30-3/h5-12H,4,13H2,1-3H3,(H,24,28). The van der Waals surface area contributed by atoms with Crippen molar-refractivity contribution in [3.8, 4) is 11.3 Å². The van der Waals surface area contributed by atoms with Gasteiger partial charge in [-0.05, 0) is 49.8 Å². The lowest BCUT2D eigenvalue weighted by atomic mass is 10.1. The Labute approximate surface area is 198 Å². The smallest absolute Gasteiger partial charge is 0.273 e. The van der Waals surface area contributed by atoms with Gasteiger partial charge in [0.2, 0.25) is 5.91 Å². The highest BCUT2D eigenvalue weighted by Crippen LogP contribution is 2.30. The molecule has 0 bridgehead atoms. The third-order valence-electron chi connectivity index (χ3n) is 4.87. The van der Waals surface area contributed by atoms with Gasteiger partial charge in [-0.25, -0.2) is 4.98 Å². The van der Waals surface area contributed by atoms with E-state index in [-0.39, 0.29) is 17.2 Å². The highest BCUT2D eigenvalue weighted by Gasteiger charge is 2.18. The van der Waals surface area contributed by atoms with Crippen molar-refractivity contribution >= 4 is 56.9 Å². The average molecular weight is 483 g/mol. The zero-order valence-electron chi connectivity index (χ0n) is 17.9. The van der Waals surface area contributed by atoms with E-state index in [0.717, 1.165) is 21.7 Å². The number of benzene rings is 2. The number of carbonyl (C=O) groups excluding carboxylic acids is 1. The van der Waals surface area contributed by atoms with Crippen LogP contribution in [0.25, 0.3) is 21.5 Å². The van der Waals surface area contributed by atoms with Crippen molar-refractivity contribution in [1.29, 1.82) is 0 Å². The van der Waals surface area contributed by atoms with E-state index in [1.165, 1.54) is 23.3 Å². The summed E-state index contributed by atoms with van der Waals surface area (Å²) in [6.07, 6.45) is 1.99. The summed E-state index contributed by atoms with van der Waals surface area (Å²) in [5.74, 6) is 0.00578. The van der Waals surface area contributed by atoms with E-state index in [2.05, 4.69) is 9.69 Å². The predicted molar refractivity (Wildman–Crippen MR) is 135 cm³/mol. The minimum absolute atomic E-state index is 0.121. The second kappa shape index (κ2) is 9.89. The van der Waals surface area contributed by atoms with Crippen LogP contribution in [0.4, 0.5) is 5.69 Å². The molecule has 164 valence electrons. The Kier molecular flexibility index (Phi) is 6.98. The molecule has 4 aromatic rings. The number of aryl methyl sites for hydroxylation is 1. The number of nitrogens with zero attached hydrogens (tertiary/aromatic N) is 3. The number of nitrogens with one attached hydrogen (secondary N) is 1. The number of hydrogen-bond donors (Lipinski definition) is 1. The van der Waals surface area contributed by atoms with E-state index in [1.54, 1.807) is 16.3 Å². The Balaban J connectivity index is 1.61. The summed E-state index contributed by atoms with van der Waals surface area (Å²) < 4.78 is 6.65. The van der Waals surface area contributed by atoms with Gasteiger partial charge in [-0.3, -0.25) is 14.2 Å². The molecular formula is C23H22N4O2S3. The third kappa shape index (κ3) is 4.74. The Bertz CT molecular complexity index is 1330. The van der Waals surface area contributed by atoms with Crippen molar-refractivity contribution < 1.29 is 4.79 Å². The molecule has 0 aliphatic carbocycles. The van der Waals surface area contributed by atoms with Crippen LogP contribution in [0.1, 0.15) is 12.5 Å². The zero-order valence-corrected chi connectivity index (χ0v) is 20.4. The molecule has 0 saturated carbocycles. The topological polar surface area (TPSA) is 76.9 Å². The summed E-state index contributed by atoms with van der Waals surface area (Å²) in [5.41, 5.74) is 3.99. The first-order valence-corrected chi connectivity index (χ1v) is 13.0. The predicted octanol–water partition coefficient (Wildman–Crippen LogP) is 5.30. The number of fused-ring (bicyclic) bond motifs is 1. The lowest BCUT2D eigenvalue weighted by Crippen LogP contribution is -2.22. The Hall–Kier alpha value is -2.62. The Morgan fingerprint density at radius 3 is 2.69 bits per heavy atom. The molecule has 4 rings (SSSR count). The maximum Gasteiger partial charge on any atom is 0.273 e. The summed E-state index contributed by atoms with van der Waals surface area (Å²) in [7, 11) is 0. The minimum atomic E-state index is -0.146. The van der Waals surface area contributed by atoms with Gasteiger partial charge < -0.3 is 5.32 Å². The second-order valence-electron chi connectivity index (χ2n) is 7.09. The molecule has 32 heavy (non-hydrogen) atoms. The van der Waals surface area contributed by atoms with Crippen molar-refractivity contribution in [3.63, 3.8) is 0 Å². The molecule has 6 nitrogen and oxygen atoms in total. The first-order chi connectivity index (χ1) is 15.5. The van der Waals surface area contributed by atoms with Crippen LogP contribution in [-0.4, -0.2) is 31.8 Å². The molecule has 0 aliphatic rings. The maximum atomic E-state index is 13.1. The molecule has 0 unspecified atom stereocenters.